The molecule has 2 aromatic rings. The van der Waals surface area contributed by atoms with Gasteiger partial charge in [-0.2, -0.15) is 13.2 Å². The first-order chi connectivity index (χ1) is 18.8. The zero-order valence-electron chi connectivity index (χ0n) is 22.7. The second-order valence-electron chi connectivity index (χ2n) is 11.3. The third-order valence-electron chi connectivity index (χ3n) is 7.16. The van der Waals surface area contributed by atoms with E-state index in [1.165, 1.54) is 6.07 Å². The van der Waals surface area contributed by atoms with Crippen LogP contribution in [-0.4, -0.2) is 59.8 Å². The Labute approximate surface area is 236 Å². The average Bonchev–Trinajstić information content (AvgIpc) is 3.43. The van der Waals surface area contributed by atoms with Gasteiger partial charge >= 0.3 is 12.3 Å². The molecule has 3 amide bonds. The number of nitrogens with zero attached hydrogens (tertiary/aromatic N) is 1. The molecule has 4 atom stereocenters. The molecule has 1 aliphatic heterocycles. The van der Waals surface area contributed by atoms with Crippen LogP contribution in [0.4, 0.5) is 18.0 Å². The van der Waals surface area contributed by atoms with Crippen molar-refractivity contribution >= 4 is 29.7 Å². The molecule has 0 bridgehead atoms. The summed E-state index contributed by atoms with van der Waals surface area (Å²) in [4.78, 5) is 40.8. The second kappa shape index (κ2) is 12.1. The number of amides is 3. The molecule has 7 nitrogen and oxygen atoms in total. The van der Waals surface area contributed by atoms with Crippen molar-refractivity contribution in [3.05, 3.63) is 65.7 Å². The van der Waals surface area contributed by atoms with Gasteiger partial charge < -0.3 is 20.3 Å². The van der Waals surface area contributed by atoms with Crippen molar-refractivity contribution in [3.63, 3.8) is 0 Å². The Morgan fingerprint density at radius 1 is 1.02 bits per heavy atom. The lowest BCUT2D eigenvalue weighted by atomic mass is 9.93. The lowest BCUT2D eigenvalue weighted by Crippen LogP contribution is -2.46. The number of nitrogens with one attached hydrogen (secondary N) is 2. The molecule has 0 radical (unpaired) electrons. The number of benzene rings is 2. The van der Waals surface area contributed by atoms with Crippen molar-refractivity contribution in [3.8, 4) is 0 Å². The van der Waals surface area contributed by atoms with Gasteiger partial charge in [0.2, 0.25) is 5.91 Å². The van der Waals surface area contributed by atoms with Crippen molar-refractivity contribution in [2.24, 2.45) is 17.8 Å². The number of hydrogen-bond acceptors (Lipinski definition) is 5. The van der Waals surface area contributed by atoms with Gasteiger partial charge in [0.1, 0.15) is 5.60 Å². The molecule has 216 valence electrons. The average molecular weight is 578 g/mol. The van der Waals surface area contributed by atoms with E-state index in [0.29, 0.717) is 19.5 Å². The van der Waals surface area contributed by atoms with Gasteiger partial charge in [0, 0.05) is 35.3 Å². The number of fused-ring (bicyclic) bond motifs is 1. The highest BCUT2D eigenvalue weighted by Gasteiger charge is 2.49. The summed E-state index contributed by atoms with van der Waals surface area (Å²) in [6, 6.07) is 13.8. The highest BCUT2D eigenvalue weighted by Crippen LogP contribution is 2.45. The fourth-order valence-electron chi connectivity index (χ4n) is 5.38. The SMILES string of the molecule is CC(C)(C)OC(=O)N1CC2CC(NC(=O)CNC(=O)c3cccc(C(F)(F)F)c3)C(CSc3ccccc3)C2C1. The van der Waals surface area contributed by atoms with Crippen molar-refractivity contribution in [1.82, 2.24) is 15.5 Å². The summed E-state index contributed by atoms with van der Waals surface area (Å²) in [6.45, 7) is 6.22. The van der Waals surface area contributed by atoms with Gasteiger partial charge in [-0.25, -0.2) is 4.79 Å². The van der Waals surface area contributed by atoms with E-state index in [0.717, 1.165) is 28.8 Å². The van der Waals surface area contributed by atoms with Crippen LogP contribution in [-0.2, 0) is 15.7 Å². The van der Waals surface area contributed by atoms with Crippen molar-refractivity contribution in [2.45, 2.75) is 49.9 Å². The quantitative estimate of drug-likeness (QED) is 0.441. The summed E-state index contributed by atoms with van der Waals surface area (Å²) in [5.41, 5.74) is -1.69. The number of likely N-dealkylation sites (tertiary alicyclic amines) is 1. The molecule has 4 rings (SSSR count). The van der Waals surface area contributed by atoms with E-state index >= 15 is 0 Å². The Morgan fingerprint density at radius 2 is 1.75 bits per heavy atom. The third kappa shape index (κ3) is 7.71. The number of thioether (sulfide) groups is 1. The Balaban J connectivity index is 1.38. The number of carbonyl (C=O) groups excluding carboxylic acids is 3. The van der Waals surface area contributed by atoms with Crippen LogP contribution < -0.4 is 10.6 Å². The van der Waals surface area contributed by atoms with Crippen molar-refractivity contribution in [1.29, 1.82) is 0 Å². The molecule has 1 heterocycles. The zero-order valence-corrected chi connectivity index (χ0v) is 23.5. The Bertz CT molecular complexity index is 1220. The first-order valence-corrected chi connectivity index (χ1v) is 14.2. The molecule has 40 heavy (non-hydrogen) atoms. The monoisotopic (exact) mass is 577 g/mol. The van der Waals surface area contributed by atoms with Crippen LogP contribution >= 0.6 is 11.8 Å². The van der Waals surface area contributed by atoms with Gasteiger partial charge in [-0.15, -0.1) is 11.8 Å². The molecule has 2 aromatic carbocycles. The molecule has 2 N–H and O–H groups in total. The minimum Gasteiger partial charge on any atom is -0.444 e. The summed E-state index contributed by atoms with van der Waals surface area (Å²) in [7, 11) is 0. The molecule has 0 spiro atoms. The topological polar surface area (TPSA) is 87.7 Å². The summed E-state index contributed by atoms with van der Waals surface area (Å²) in [6.07, 6.45) is -4.23. The molecule has 4 unspecified atom stereocenters. The maximum absolute atomic E-state index is 13.0. The fourth-order valence-corrected chi connectivity index (χ4v) is 6.59. The van der Waals surface area contributed by atoms with E-state index in [-0.39, 0.29) is 42.0 Å². The first-order valence-electron chi connectivity index (χ1n) is 13.2. The van der Waals surface area contributed by atoms with Gasteiger partial charge in [0.25, 0.3) is 5.91 Å². The summed E-state index contributed by atoms with van der Waals surface area (Å²) in [5, 5.41) is 5.46. The number of carbonyl (C=O) groups is 3. The smallest absolute Gasteiger partial charge is 0.416 e. The predicted molar refractivity (Wildman–Crippen MR) is 146 cm³/mol. The predicted octanol–water partition coefficient (Wildman–Crippen LogP) is 5.22. The van der Waals surface area contributed by atoms with E-state index in [4.69, 9.17) is 4.74 Å². The van der Waals surface area contributed by atoms with E-state index in [9.17, 15) is 27.6 Å². The molecule has 1 saturated heterocycles. The summed E-state index contributed by atoms with van der Waals surface area (Å²) < 4.78 is 44.5. The molecule has 0 aromatic heterocycles. The standard InChI is InChI=1S/C29H34F3N3O4S/c1-28(2,3)39-27(38)35-15-19-13-24(23(22(19)16-35)17-40-21-10-5-4-6-11-21)34-25(36)14-33-26(37)18-8-7-9-20(12-18)29(30,31)32/h4-12,19,22-24H,13-17H2,1-3H3,(H,33,37)(H,34,36). The van der Waals surface area contributed by atoms with Crippen LogP contribution in [0.5, 0.6) is 0 Å². The third-order valence-corrected chi connectivity index (χ3v) is 8.32. The molecule has 1 aliphatic carbocycles. The number of rotatable bonds is 7. The van der Waals surface area contributed by atoms with Gasteiger partial charge in [0.05, 0.1) is 12.1 Å². The summed E-state index contributed by atoms with van der Waals surface area (Å²) in [5.74, 6) is 0.00521. The number of halogens is 3. The van der Waals surface area contributed by atoms with Gasteiger partial charge in [-0.05, 0) is 75.3 Å². The van der Waals surface area contributed by atoms with Crippen LogP contribution in [0.25, 0.3) is 0 Å². The molecule has 2 aliphatic rings. The second-order valence-corrected chi connectivity index (χ2v) is 12.4. The van der Waals surface area contributed by atoms with E-state index in [1.54, 1.807) is 16.7 Å². The van der Waals surface area contributed by atoms with Crippen LogP contribution in [0.15, 0.2) is 59.5 Å². The van der Waals surface area contributed by atoms with E-state index < -0.39 is 29.2 Å². The highest BCUT2D eigenvalue weighted by molar-refractivity contribution is 7.99. The Morgan fingerprint density at radius 3 is 2.42 bits per heavy atom. The van der Waals surface area contributed by atoms with E-state index in [1.807, 2.05) is 51.1 Å². The Kier molecular flexibility index (Phi) is 9.02. The minimum atomic E-state index is -4.57. The molecule has 11 heteroatoms. The highest BCUT2D eigenvalue weighted by atomic mass is 32.2. The van der Waals surface area contributed by atoms with Crippen molar-refractivity contribution < 1.29 is 32.3 Å². The number of alkyl halides is 3. The van der Waals surface area contributed by atoms with Gasteiger partial charge in [-0.3, -0.25) is 9.59 Å². The number of ether oxygens (including phenoxy) is 1. The van der Waals surface area contributed by atoms with Crippen molar-refractivity contribution in [2.75, 3.05) is 25.4 Å². The lowest BCUT2D eigenvalue weighted by molar-refractivity contribution is -0.137. The molecular formula is C29H34F3N3O4S. The molecule has 1 saturated carbocycles. The lowest BCUT2D eigenvalue weighted by Gasteiger charge is -2.28. The maximum atomic E-state index is 13.0. The zero-order chi connectivity index (χ0) is 29.1. The fraction of sp³-hybridized carbons (Fsp3) is 0.483. The minimum absolute atomic E-state index is 0.0748. The Hall–Kier alpha value is -3.21. The van der Waals surface area contributed by atoms with Gasteiger partial charge in [-0.1, -0.05) is 24.3 Å². The normalized spacial score (nSPS) is 22.5. The first kappa shape index (κ1) is 29.8. The number of hydrogen-bond donors (Lipinski definition) is 2. The molecule has 2 fully saturated rings. The van der Waals surface area contributed by atoms with Gasteiger partial charge in [0.15, 0.2) is 0 Å². The van der Waals surface area contributed by atoms with Crippen LogP contribution in [0.2, 0.25) is 0 Å². The van der Waals surface area contributed by atoms with Crippen LogP contribution in [0.1, 0.15) is 43.1 Å². The van der Waals surface area contributed by atoms with Crippen LogP contribution in [0, 0.1) is 17.8 Å². The van der Waals surface area contributed by atoms with Crippen LogP contribution in [0.3, 0.4) is 0 Å². The summed E-state index contributed by atoms with van der Waals surface area (Å²) >= 11 is 1.69. The largest absolute Gasteiger partial charge is 0.444 e. The maximum Gasteiger partial charge on any atom is 0.416 e. The van der Waals surface area contributed by atoms with E-state index in [2.05, 4.69) is 10.6 Å². The molecular weight excluding hydrogens is 543 g/mol.